The molecule has 1 aromatic carbocycles. The number of ether oxygens (including phenoxy) is 1. The van der Waals surface area contributed by atoms with Gasteiger partial charge < -0.3 is 9.84 Å². The molecule has 0 fully saturated rings. The number of thiazole rings is 1. The number of aromatic nitrogens is 1. The van der Waals surface area contributed by atoms with E-state index in [0.717, 1.165) is 10.6 Å². The third-order valence-electron chi connectivity index (χ3n) is 2.58. The number of hydrogen-bond donors (Lipinski definition) is 1. The molecule has 0 atom stereocenters. The van der Waals surface area contributed by atoms with Gasteiger partial charge in [0, 0.05) is 16.5 Å². The summed E-state index contributed by atoms with van der Waals surface area (Å²) >= 11 is 1.47. The Labute approximate surface area is 115 Å². The van der Waals surface area contributed by atoms with Gasteiger partial charge in [-0.1, -0.05) is 0 Å². The zero-order valence-corrected chi connectivity index (χ0v) is 11.4. The molecule has 0 bridgehead atoms. The Bertz CT molecular complexity index is 631. The summed E-state index contributed by atoms with van der Waals surface area (Å²) in [7, 11) is 1.49. The predicted octanol–water partition coefficient (Wildman–Crippen LogP) is 3.06. The van der Waals surface area contributed by atoms with Crippen LogP contribution in [0, 0.1) is 6.92 Å². The first-order valence-electron chi connectivity index (χ1n) is 5.60. The van der Waals surface area contributed by atoms with Crippen molar-refractivity contribution in [3.63, 3.8) is 0 Å². The average molecular weight is 275 g/mol. The van der Waals surface area contributed by atoms with Crippen molar-refractivity contribution in [2.24, 2.45) is 0 Å². The SMILES string of the molecule is COc1cc(O)cc(C(=O)C=Cc2scnc2C)c1. The third kappa shape index (κ3) is 3.20. The molecule has 2 rings (SSSR count). The Morgan fingerprint density at radius 2 is 2.21 bits per heavy atom. The first-order valence-corrected chi connectivity index (χ1v) is 6.48. The summed E-state index contributed by atoms with van der Waals surface area (Å²) in [5.41, 5.74) is 3.01. The number of methoxy groups -OCH3 is 1. The van der Waals surface area contributed by atoms with E-state index < -0.39 is 0 Å². The lowest BCUT2D eigenvalue weighted by atomic mass is 10.1. The van der Waals surface area contributed by atoms with Gasteiger partial charge in [0.25, 0.3) is 0 Å². The van der Waals surface area contributed by atoms with Gasteiger partial charge in [-0.05, 0) is 31.2 Å². The van der Waals surface area contributed by atoms with Crippen LogP contribution in [0.4, 0.5) is 0 Å². The molecule has 0 radical (unpaired) electrons. The molecule has 0 unspecified atom stereocenters. The van der Waals surface area contributed by atoms with Gasteiger partial charge in [0.1, 0.15) is 11.5 Å². The smallest absolute Gasteiger partial charge is 0.186 e. The monoisotopic (exact) mass is 275 g/mol. The second-order valence-corrected chi connectivity index (χ2v) is 4.81. The molecule has 2 aromatic rings. The summed E-state index contributed by atoms with van der Waals surface area (Å²) in [6.07, 6.45) is 3.20. The first kappa shape index (κ1) is 13.3. The van der Waals surface area contributed by atoms with E-state index in [9.17, 15) is 9.90 Å². The average Bonchev–Trinajstić information content (AvgIpc) is 2.80. The molecule has 0 saturated heterocycles. The molecule has 0 amide bonds. The lowest BCUT2D eigenvalue weighted by Gasteiger charge is -2.03. The predicted molar refractivity (Wildman–Crippen MR) is 74.9 cm³/mol. The standard InChI is InChI=1S/C14H13NO3S/c1-9-14(19-8-15-9)4-3-13(17)10-5-11(16)7-12(6-10)18-2/h3-8,16H,1-2H3. The van der Waals surface area contributed by atoms with Crippen LogP contribution in [0.3, 0.4) is 0 Å². The molecule has 0 aliphatic heterocycles. The van der Waals surface area contributed by atoms with E-state index in [1.807, 2.05) is 6.92 Å². The Balaban J connectivity index is 2.23. The zero-order chi connectivity index (χ0) is 13.8. The molecular weight excluding hydrogens is 262 g/mol. The molecular formula is C14H13NO3S. The fourth-order valence-corrected chi connectivity index (χ4v) is 2.26. The van der Waals surface area contributed by atoms with E-state index in [0.29, 0.717) is 11.3 Å². The molecule has 4 nitrogen and oxygen atoms in total. The highest BCUT2D eigenvalue weighted by molar-refractivity contribution is 7.10. The van der Waals surface area contributed by atoms with E-state index in [1.54, 1.807) is 17.7 Å². The number of allylic oxidation sites excluding steroid dienone is 1. The molecule has 0 spiro atoms. The summed E-state index contributed by atoms with van der Waals surface area (Å²) < 4.78 is 5.01. The molecule has 5 heteroatoms. The summed E-state index contributed by atoms with van der Waals surface area (Å²) in [6, 6.07) is 4.45. The topological polar surface area (TPSA) is 59.4 Å². The minimum atomic E-state index is -0.193. The van der Waals surface area contributed by atoms with Gasteiger partial charge in [-0.15, -0.1) is 11.3 Å². The fourth-order valence-electron chi connectivity index (χ4n) is 1.56. The van der Waals surface area contributed by atoms with Gasteiger partial charge in [-0.3, -0.25) is 4.79 Å². The van der Waals surface area contributed by atoms with Crippen molar-refractivity contribution >= 4 is 23.2 Å². The van der Waals surface area contributed by atoms with Crippen molar-refractivity contribution in [3.05, 3.63) is 45.9 Å². The number of nitrogens with zero attached hydrogens (tertiary/aromatic N) is 1. The van der Waals surface area contributed by atoms with Crippen LogP contribution in [-0.2, 0) is 0 Å². The van der Waals surface area contributed by atoms with Crippen LogP contribution in [0.25, 0.3) is 6.08 Å². The van der Waals surface area contributed by atoms with Crippen LogP contribution in [0.5, 0.6) is 11.5 Å². The number of phenols is 1. The number of carbonyl (C=O) groups excluding carboxylic acids is 1. The van der Waals surface area contributed by atoms with Gasteiger partial charge in [0.2, 0.25) is 0 Å². The quantitative estimate of drug-likeness (QED) is 0.688. The van der Waals surface area contributed by atoms with E-state index in [4.69, 9.17) is 4.74 Å². The lowest BCUT2D eigenvalue weighted by Crippen LogP contribution is -1.95. The second kappa shape index (κ2) is 5.67. The normalized spacial score (nSPS) is 10.8. The number of ketones is 1. The number of aryl methyl sites for hydroxylation is 1. The molecule has 19 heavy (non-hydrogen) atoms. The van der Waals surface area contributed by atoms with Crippen LogP contribution >= 0.6 is 11.3 Å². The molecule has 0 aliphatic rings. The van der Waals surface area contributed by atoms with Crippen molar-refractivity contribution in [1.82, 2.24) is 4.98 Å². The van der Waals surface area contributed by atoms with Crippen LogP contribution in [0.1, 0.15) is 20.9 Å². The second-order valence-electron chi connectivity index (χ2n) is 3.92. The summed E-state index contributed by atoms with van der Waals surface area (Å²) in [5.74, 6) is 0.262. The van der Waals surface area contributed by atoms with Crippen molar-refractivity contribution in [2.45, 2.75) is 6.92 Å². The number of aromatic hydroxyl groups is 1. The molecule has 1 heterocycles. The largest absolute Gasteiger partial charge is 0.508 e. The maximum atomic E-state index is 12.0. The van der Waals surface area contributed by atoms with Crippen LogP contribution in [0.15, 0.2) is 29.8 Å². The number of carbonyl (C=O) groups is 1. The highest BCUT2D eigenvalue weighted by Gasteiger charge is 2.07. The minimum absolute atomic E-state index is 0.00470. The Morgan fingerprint density at radius 1 is 1.42 bits per heavy atom. The number of benzene rings is 1. The van der Waals surface area contributed by atoms with E-state index >= 15 is 0 Å². The summed E-state index contributed by atoms with van der Waals surface area (Å²) in [4.78, 5) is 17.1. The highest BCUT2D eigenvalue weighted by atomic mass is 32.1. The van der Waals surface area contributed by atoms with Crippen molar-refractivity contribution in [1.29, 1.82) is 0 Å². The van der Waals surface area contributed by atoms with Crippen LogP contribution < -0.4 is 4.74 Å². The number of rotatable bonds is 4. The van der Waals surface area contributed by atoms with Crippen LogP contribution in [0.2, 0.25) is 0 Å². The lowest BCUT2D eigenvalue weighted by molar-refractivity contribution is 0.104. The van der Waals surface area contributed by atoms with Gasteiger partial charge >= 0.3 is 0 Å². The van der Waals surface area contributed by atoms with Crippen molar-refractivity contribution in [2.75, 3.05) is 7.11 Å². The maximum Gasteiger partial charge on any atom is 0.186 e. The van der Waals surface area contributed by atoms with Crippen LogP contribution in [-0.4, -0.2) is 23.0 Å². The molecule has 1 N–H and O–H groups in total. The van der Waals surface area contributed by atoms with E-state index in [2.05, 4.69) is 4.98 Å². The van der Waals surface area contributed by atoms with E-state index in [-0.39, 0.29) is 11.5 Å². The van der Waals surface area contributed by atoms with Gasteiger partial charge in [0.15, 0.2) is 5.78 Å². The fraction of sp³-hybridized carbons (Fsp3) is 0.143. The molecule has 98 valence electrons. The highest BCUT2D eigenvalue weighted by Crippen LogP contribution is 2.22. The van der Waals surface area contributed by atoms with E-state index in [1.165, 1.54) is 36.7 Å². The minimum Gasteiger partial charge on any atom is -0.508 e. The zero-order valence-electron chi connectivity index (χ0n) is 10.6. The first-order chi connectivity index (χ1) is 9.10. The van der Waals surface area contributed by atoms with Gasteiger partial charge in [-0.2, -0.15) is 0 Å². The number of hydrogen-bond acceptors (Lipinski definition) is 5. The third-order valence-corrected chi connectivity index (χ3v) is 3.48. The van der Waals surface area contributed by atoms with Gasteiger partial charge in [-0.25, -0.2) is 4.98 Å². The Kier molecular flexibility index (Phi) is 3.97. The molecule has 1 aromatic heterocycles. The van der Waals surface area contributed by atoms with Crippen molar-refractivity contribution < 1.29 is 14.6 Å². The molecule has 0 aliphatic carbocycles. The van der Waals surface area contributed by atoms with Crippen molar-refractivity contribution in [3.8, 4) is 11.5 Å². The maximum absolute atomic E-state index is 12.0. The summed E-state index contributed by atoms with van der Waals surface area (Å²) in [5, 5.41) is 9.51. The summed E-state index contributed by atoms with van der Waals surface area (Å²) in [6.45, 7) is 1.89. The Morgan fingerprint density at radius 3 is 2.84 bits per heavy atom. The molecule has 0 saturated carbocycles. The Hall–Kier alpha value is -2.14. The number of phenolic OH excluding ortho intramolecular Hbond substituents is 1. The van der Waals surface area contributed by atoms with Gasteiger partial charge in [0.05, 0.1) is 18.3 Å².